The van der Waals surface area contributed by atoms with Crippen LogP contribution < -0.4 is 5.32 Å². The Balaban J connectivity index is 1.52. The van der Waals surface area contributed by atoms with E-state index in [2.05, 4.69) is 5.32 Å². The van der Waals surface area contributed by atoms with Gasteiger partial charge in [0.25, 0.3) is 0 Å². The lowest BCUT2D eigenvalue weighted by Gasteiger charge is -2.35. The van der Waals surface area contributed by atoms with Gasteiger partial charge < -0.3 is 24.6 Å². The largest absolute Gasteiger partial charge is 0.480 e. The predicted molar refractivity (Wildman–Crippen MR) is 150 cm³/mol. The van der Waals surface area contributed by atoms with Crippen molar-refractivity contribution in [1.82, 2.24) is 10.2 Å². The fourth-order valence-corrected chi connectivity index (χ4v) is 5.70. The van der Waals surface area contributed by atoms with Crippen LogP contribution in [0.25, 0.3) is 11.1 Å². The number of ether oxygens (including phenoxy) is 3. The molecule has 1 saturated heterocycles. The first kappa shape index (κ1) is 30.0. The number of hydrogen-bond acceptors (Lipinski definition) is 7. The van der Waals surface area contributed by atoms with Gasteiger partial charge in [-0.05, 0) is 70.2 Å². The number of nitrogens with one attached hydrogen (secondary N) is 1. The van der Waals surface area contributed by atoms with Crippen LogP contribution in [-0.4, -0.2) is 70.1 Å². The quantitative estimate of drug-likeness (QED) is 0.448. The summed E-state index contributed by atoms with van der Waals surface area (Å²) in [5.41, 5.74) is 2.24. The molecule has 2 aromatic rings. The molecule has 1 aliphatic heterocycles. The topological polar surface area (TPSA) is 131 Å². The second kappa shape index (κ2) is 11.5. The zero-order valence-corrected chi connectivity index (χ0v) is 24.3. The molecule has 10 nitrogen and oxygen atoms in total. The number of amides is 2. The normalized spacial score (nSPS) is 20.1. The highest BCUT2D eigenvalue weighted by atomic mass is 16.6. The Morgan fingerprint density at radius 3 is 2.12 bits per heavy atom. The van der Waals surface area contributed by atoms with Crippen molar-refractivity contribution in [2.45, 2.75) is 89.8 Å². The van der Waals surface area contributed by atoms with E-state index in [9.17, 15) is 24.3 Å². The lowest BCUT2D eigenvalue weighted by atomic mass is 9.98. The number of carbonyl (C=O) groups excluding carboxylic acids is 3. The Hall–Kier alpha value is -3.92. The molecule has 3 atom stereocenters. The molecule has 41 heavy (non-hydrogen) atoms. The van der Waals surface area contributed by atoms with Crippen molar-refractivity contribution in [3.63, 3.8) is 0 Å². The van der Waals surface area contributed by atoms with Gasteiger partial charge in [-0.3, -0.25) is 14.5 Å². The van der Waals surface area contributed by atoms with Gasteiger partial charge in [0.05, 0.1) is 6.10 Å². The number of carboxylic acids is 1. The molecule has 0 aromatic heterocycles. The lowest BCUT2D eigenvalue weighted by Crippen LogP contribution is -2.58. The maximum absolute atomic E-state index is 13.8. The average Bonchev–Trinajstić information content (AvgIpc) is 3.33. The maximum Gasteiger partial charge on any atom is 0.407 e. The number of carbonyl (C=O) groups is 4. The number of carboxylic acid groups (broad SMARTS) is 1. The van der Waals surface area contributed by atoms with Crippen molar-refractivity contribution in [1.29, 1.82) is 0 Å². The van der Waals surface area contributed by atoms with Gasteiger partial charge in [0.1, 0.15) is 24.0 Å². The number of esters is 1. The first-order valence-electron chi connectivity index (χ1n) is 13.8. The molecule has 2 amide bonds. The molecule has 0 spiro atoms. The van der Waals surface area contributed by atoms with Crippen LogP contribution in [0.1, 0.15) is 71.4 Å². The second-order valence-electron chi connectivity index (χ2n) is 11.9. The van der Waals surface area contributed by atoms with Crippen molar-refractivity contribution in [3.05, 3.63) is 59.7 Å². The van der Waals surface area contributed by atoms with Crippen LogP contribution in [0, 0.1) is 0 Å². The third-order valence-corrected chi connectivity index (χ3v) is 7.26. The van der Waals surface area contributed by atoms with Crippen LogP contribution in [0.3, 0.4) is 0 Å². The highest BCUT2D eigenvalue weighted by Gasteiger charge is 2.53. The van der Waals surface area contributed by atoms with Crippen LogP contribution in [0.4, 0.5) is 4.79 Å². The second-order valence-corrected chi connectivity index (χ2v) is 11.9. The molecule has 0 bridgehead atoms. The number of aliphatic carboxylic acids is 1. The van der Waals surface area contributed by atoms with Crippen molar-refractivity contribution >= 4 is 23.9 Å². The highest BCUT2D eigenvalue weighted by molar-refractivity contribution is 5.91. The van der Waals surface area contributed by atoms with E-state index in [1.165, 1.54) is 0 Å². The third-order valence-electron chi connectivity index (χ3n) is 7.26. The molecule has 4 rings (SSSR count). The van der Waals surface area contributed by atoms with Gasteiger partial charge >= 0.3 is 18.0 Å². The van der Waals surface area contributed by atoms with E-state index in [4.69, 9.17) is 14.2 Å². The molecule has 10 heteroatoms. The van der Waals surface area contributed by atoms with E-state index >= 15 is 0 Å². The third kappa shape index (κ3) is 6.53. The molecule has 0 radical (unpaired) electrons. The van der Waals surface area contributed by atoms with Crippen molar-refractivity contribution in [3.8, 4) is 11.1 Å². The fraction of sp³-hybridized carbons (Fsp3) is 0.484. The molecular weight excluding hydrogens is 528 g/mol. The Bertz CT molecular complexity index is 1290. The molecule has 2 aliphatic rings. The van der Waals surface area contributed by atoms with E-state index in [0.29, 0.717) is 0 Å². The molecular formula is C31H38N2O8. The smallest absolute Gasteiger partial charge is 0.407 e. The van der Waals surface area contributed by atoms with Gasteiger partial charge in [0, 0.05) is 12.3 Å². The number of nitrogens with zero attached hydrogens (tertiary/aromatic N) is 1. The molecule has 2 aromatic carbocycles. The first-order valence-corrected chi connectivity index (χ1v) is 13.8. The molecule has 1 unspecified atom stereocenters. The average molecular weight is 567 g/mol. The zero-order valence-electron chi connectivity index (χ0n) is 24.3. The van der Waals surface area contributed by atoms with Crippen LogP contribution in [0.2, 0.25) is 0 Å². The van der Waals surface area contributed by atoms with Crippen molar-refractivity contribution in [2.24, 2.45) is 0 Å². The molecule has 1 aliphatic carbocycles. The van der Waals surface area contributed by atoms with Crippen LogP contribution in [0.15, 0.2) is 48.5 Å². The summed E-state index contributed by atoms with van der Waals surface area (Å²) in [6.07, 6.45) is -1.94. The summed E-state index contributed by atoms with van der Waals surface area (Å²) in [6.45, 7) is 9.95. The van der Waals surface area contributed by atoms with Crippen LogP contribution >= 0.6 is 0 Å². The van der Waals surface area contributed by atoms with Gasteiger partial charge in [-0.1, -0.05) is 48.5 Å². The molecule has 1 fully saturated rings. The monoisotopic (exact) mass is 566 g/mol. The maximum atomic E-state index is 13.8. The Labute approximate surface area is 240 Å². The minimum absolute atomic E-state index is 0.0277. The van der Waals surface area contributed by atoms with Crippen molar-refractivity contribution < 1.29 is 38.5 Å². The first-order chi connectivity index (χ1) is 19.2. The lowest BCUT2D eigenvalue weighted by molar-refractivity contribution is -0.158. The number of alkyl carbamates (subject to hydrolysis) is 1. The van der Waals surface area contributed by atoms with E-state index in [1.54, 1.807) is 41.5 Å². The molecule has 2 N–H and O–H groups in total. The Morgan fingerprint density at radius 1 is 1.02 bits per heavy atom. The van der Waals surface area contributed by atoms with Gasteiger partial charge in [-0.15, -0.1) is 0 Å². The SMILES string of the molecule is CC1OC(C)(C)N(C(=O)[C@H](CCC(=O)OC(C)(C)C)NC(=O)OCC2c3ccccc3-c3ccccc32)[C@@H]1C(=O)O. The minimum atomic E-state index is -1.27. The van der Waals surface area contributed by atoms with E-state index in [0.717, 1.165) is 27.2 Å². The summed E-state index contributed by atoms with van der Waals surface area (Å²) in [5.74, 6) is -2.66. The predicted octanol–water partition coefficient (Wildman–Crippen LogP) is 4.45. The highest BCUT2D eigenvalue weighted by Crippen LogP contribution is 2.44. The fourth-order valence-electron chi connectivity index (χ4n) is 5.70. The Kier molecular flexibility index (Phi) is 8.44. The van der Waals surface area contributed by atoms with E-state index < -0.39 is 53.5 Å². The van der Waals surface area contributed by atoms with Crippen LogP contribution in [-0.2, 0) is 28.6 Å². The summed E-state index contributed by atoms with van der Waals surface area (Å²) in [7, 11) is 0. The summed E-state index contributed by atoms with van der Waals surface area (Å²) < 4.78 is 16.8. The number of hydrogen-bond donors (Lipinski definition) is 2. The standard InChI is InChI=1S/C31H38N2O8/c1-18-26(28(36)37)33(31(5,6)40-18)27(35)24(15-16-25(34)41-30(2,3)4)32-29(38)39-17-23-21-13-9-7-11-19(21)20-12-8-10-14-22(20)23/h7-14,18,23-24,26H,15-17H2,1-6H3,(H,32,38)(H,36,37)/t18?,24-,26-/m0/s1. The molecule has 220 valence electrons. The molecule has 0 saturated carbocycles. The molecule has 1 heterocycles. The summed E-state index contributed by atoms with van der Waals surface area (Å²) in [6, 6.07) is 13.3. The Morgan fingerprint density at radius 2 is 1.59 bits per heavy atom. The van der Waals surface area contributed by atoms with Gasteiger partial charge in [-0.25, -0.2) is 9.59 Å². The van der Waals surface area contributed by atoms with E-state index in [1.807, 2.05) is 48.5 Å². The number of rotatable bonds is 8. The van der Waals surface area contributed by atoms with E-state index in [-0.39, 0.29) is 25.4 Å². The summed E-state index contributed by atoms with van der Waals surface area (Å²) >= 11 is 0. The van der Waals surface area contributed by atoms with Gasteiger partial charge in [0.2, 0.25) is 5.91 Å². The van der Waals surface area contributed by atoms with Gasteiger partial charge in [-0.2, -0.15) is 0 Å². The number of benzene rings is 2. The van der Waals surface area contributed by atoms with Crippen LogP contribution in [0.5, 0.6) is 0 Å². The minimum Gasteiger partial charge on any atom is -0.480 e. The van der Waals surface area contributed by atoms with Gasteiger partial charge in [0.15, 0.2) is 6.04 Å². The van der Waals surface area contributed by atoms with Crippen molar-refractivity contribution in [2.75, 3.05) is 6.61 Å². The number of fused-ring (bicyclic) bond motifs is 3. The summed E-state index contributed by atoms with van der Waals surface area (Å²) in [4.78, 5) is 52.6. The summed E-state index contributed by atoms with van der Waals surface area (Å²) in [5, 5.41) is 12.4. The zero-order chi connectivity index (χ0) is 30.1.